The zero-order valence-corrected chi connectivity index (χ0v) is 9.26. The van der Waals surface area contributed by atoms with E-state index in [1.54, 1.807) is 0 Å². The highest BCUT2D eigenvalue weighted by Crippen LogP contribution is 1.96. The summed E-state index contributed by atoms with van der Waals surface area (Å²) in [5, 5.41) is 2.90. The van der Waals surface area contributed by atoms with Crippen molar-refractivity contribution in [2.24, 2.45) is 5.92 Å². The van der Waals surface area contributed by atoms with Crippen LogP contribution in [0.4, 0.5) is 0 Å². The molecule has 0 atom stereocenters. The van der Waals surface area contributed by atoms with Crippen LogP contribution in [0.1, 0.15) is 26.7 Å². The molecule has 0 saturated heterocycles. The Kier molecular flexibility index (Phi) is 6.59. The highest BCUT2D eigenvalue weighted by atomic mass is 16.1. The molecule has 0 aromatic rings. The minimum Gasteiger partial charge on any atom is -0.356 e. The minimum atomic E-state index is 0.161. The van der Waals surface area contributed by atoms with Crippen molar-refractivity contribution in [1.29, 1.82) is 0 Å². The summed E-state index contributed by atoms with van der Waals surface area (Å²) >= 11 is 0. The lowest BCUT2D eigenvalue weighted by Crippen LogP contribution is -2.28. The van der Waals surface area contributed by atoms with Gasteiger partial charge >= 0.3 is 0 Å². The van der Waals surface area contributed by atoms with Crippen LogP contribution in [0, 0.1) is 5.92 Å². The molecule has 0 aromatic carbocycles. The summed E-state index contributed by atoms with van der Waals surface area (Å²) < 4.78 is 0. The number of carbonyl (C=O) groups is 1. The normalized spacial score (nSPS) is 10.9. The maximum atomic E-state index is 11.2. The van der Waals surface area contributed by atoms with Crippen LogP contribution in [0.5, 0.6) is 0 Å². The van der Waals surface area contributed by atoms with Gasteiger partial charge in [0.25, 0.3) is 0 Å². The van der Waals surface area contributed by atoms with Crippen LogP contribution >= 0.6 is 0 Å². The molecule has 0 aliphatic carbocycles. The van der Waals surface area contributed by atoms with E-state index in [-0.39, 0.29) is 5.91 Å². The van der Waals surface area contributed by atoms with E-state index in [2.05, 4.69) is 19.2 Å². The van der Waals surface area contributed by atoms with Gasteiger partial charge in [0.2, 0.25) is 5.91 Å². The molecule has 0 bridgehead atoms. The first kappa shape index (κ1) is 12.4. The van der Waals surface area contributed by atoms with Crippen LogP contribution < -0.4 is 5.32 Å². The fourth-order valence-electron chi connectivity index (χ4n) is 0.914. The first-order valence-corrected chi connectivity index (χ1v) is 4.93. The Hall–Kier alpha value is -0.570. The van der Waals surface area contributed by atoms with E-state index in [0.29, 0.717) is 12.3 Å². The number of nitrogens with one attached hydrogen (secondary N) is 1. The maximum absolute atomic E-state index is 11.2. The third-order valence-electron chi connectivity index (χ3n) is 1.83. The Morgan fingerprint density at radius 3 is 2.46 bits per heavy atom. The van der Waals surface area contributed by atoms with Crippen molar-refractivity contribution in [3.8, 4) is 0 Å². The predicted octanol–water partition coefficient (Wildman–Crippen LogP) is 1.10. The second-order valence-electron chi connectivity index (χ2n) is 4.09. The molecule has 0 fully saturated rings. The molecule has 13 heavy (non-hydrogen) atoms. The zero-order chi connectivity index (χ0) is 10.3. The summed E-state index contributed by atoms with van der Waals surface area (Å²) in [6, 6.07) is 0. The molecule has 0 rings (SSSR count). The van der Waals surface area contributed by atoms with E-state index in [4.69, 9.17) is 0 Å². The number of rotatable bonds is 6. The molecule has 3 nitrogen and oxygen atoms in total. The molecule has 3 heteroatoms. The van der Waals surface area contributed by atoms with Crippen molar-refractivity contribution in [1.82, 2.24) is 10.2 Å². The Bertz CT molecular complexity index is 144. The molecular formula is C10H22N2O. The highest BCUT2D eigenvalue weighted by molar-refractivity contribution is 5.75. The molecule has 1 amide bonds. The third kappa shape index (κ3) is 9.34. The van der Waals surface area contributed by atoms with Gasteiger partial charge in [-0.05, 0) is 26.4 Å². The van der Waals surface area contributed by atoms with E-state index >= 15 is 0 Å². The predicted molar refractivity (Wildman–Crippen MR) is 55.6 cm³/mol. The monoisotopic (exact) mass is 186 g/mol. The summed E-state index contributed by atoms with van der Waals surface area (Å²) in [6.45, 7) is 5.95. The number of amides is 1. The summed E-state index contributed by atoms with van der Waals surface area (Å²) in [4.78, 5) is 13.2. The van der Waals surface area contributed by atoms with Gasteiger partial charge in [0, 0.05) is 19.5 Å². The second-order valence-corrected chi connectivity index (χ2v) is 4.09. The first-order valence-electron chi connectivity index (χ1n) is 4.93. The molecule has 1 N–H and O–H groups in total. The quantitative estimate of drug-likeness (QED) is 0.673. The largest absolute Gasteiger partial charge is 0.356 e. The van der Waals surface area contributed by atoms with Gasteiger partial charge < -0.3 is 10.2 Å². The Labute approximate surface area is 81.5 Å². The number of carbonyl (C=O) groups excluding carboxylic acids is 1. The van der Waals surface area contributed by atoms with Crippen LogP contribution in [-0.2, 0) is 4.79 Å². The lowest BCUT2D eigenvalue weighted by Gasteiger charge is -2.10. The molecule has 0 heterocycles. The zero-order valence-electron chi connectivity index (χ0n) is 9.26. The third-order valence-corrected chi connectivity index (χ3v) is 1.83. The molecule has 0 saturated carbocycles. The molecule has 78 valence electrons. The van der Waals surface area contributed by atoms with Crippen molar-refractivity contribution < 1.29 is 4.79 Å². The van der Waals surface area contributed by atoms with E-state index in [9.17, 15) is 4.79 Å². The average molecular weight is 186 g/mol. The highest BCUT2D eigenvalue weighted by Gasteiger charge is 2.01. The van der Waals surface area contributed by atoms with Gasteiger partial charge in [0.1, 0.15) is 0 Å². The van der Waals surface area contributed by atoms with Crippen molar-refractivity contribution in [2.75, 3.05) is 27.2 Å². The van der Waals surface area contributed by atoms with E-state index < -0.39 is 0 Å². The lowest BCUT2D eigenvalue weighted by atomic mass is 10.1. The summed E-state index contributed by atoms with van der Waals surface area (Å²) in [6.07, 6.45) is 1.67. The van der Waals surface area contributed by atoms with E-state index in [0.717, 1.165) is 19.5 Å². The molecule has 0 aliphatic heterocycles. The van der Waals surface area contributed by atoms with Crippen LogP contribution in [-0.4, -0.2) is 38.0 Å². The van der Waals surface area contributed by atoms with E-state index in [1.165, 1.54) is 0 Å². The Morgan fingerprint density at radius 1 is 1.38 bits per heavy atom. The number of hydrogen-bond acceptors (Lipinski definition) is 2. The maximum Gasteiger partial charge on any atom is 0.221 e. The first-order chi connectivity index (χ1) is 6.02. The van der Waals surface area contributed by atoms with Crippen LogP contribution in [0.15, 0.2) is 0 Å². The van der Waals surface area contributed by atoms with Crippen molar-refractivity contribution >= 4 is 5.91 Å². The second kappa shape index (κ2) is 6.89. The van der Waals surface area contributed by atoms with Gasteiger partial charge in [-0.1, -0.05) is 13.8 Å². The smallest absolute Gasteiger partial charge is 0.221 e. The topological polar surface area (TPSA) is 32.3 Å². The van der Waals surface area contributed by atoms with Gasteiger partial charge in [0.15, 0.2) is 0 Å². The summed E-state index contributed by atoms with van der Waals surface area (Å²) in [7, 11) is 3.95. The fraction of sp³-hybridized carbons (Fsp3) is 0.900. The molecule has 0 spiro atoms. The minimum absolute atomic E-state index is 0.161. The fourth-order valence-corrected chi connectivity index (χ4v) is 0.914. The van der Waals surface area contributed by atoms with Gasteiger partial charge in [-0.2, -0.15) is 0 Å². The van der Waals surface area contributed by atoms with Crippen LogP contribution in [0.3, 0.4) is 0 Å². The standard InChI is InChI=1S/C10H22N2O/c1-9(2)5-7-11-10(13)6-8-12(3)4/h9H,5-8H2,1-4H3,(H,11,13). The molecule has 0 unspecified atom stereocenters. The van der Waals surface area contributed by atoms with Gasteiger partial charge in [-0.25, -0.2) is 0 Å². The number of nitrogens with zero attached hydrogens (tertiary/aromatic N) is 1. The van der Waals surface area contributed by atoms with Crippen LogP contribution in [0.25, 0.3) is 0 Å². The van der Waals surface area contributed by atoms with E-state index in [1.807, 2.05) is 19.0 Å². The summed E-state index contributed by atoms with van der Waals surface area (Å²) in [5.41, 5.74) is 0. The molecule has 0 aromatic heterocycles. The van der Waals surface area contributed by atoms with Gasteiger partial charge in [-0.15, -0.1) is 0 Å². The SMILES string of the molecule is CC(C)CCNC(=O)CCN(C)C. The Morgan fingerprint density at radius 2 is 2.00 bits per heavy atom. The number of hydrogen-bond donors (Lipinski definition) is 1. The van der Waals surface area contributed by atoms with Crippen molar-refractivity contribution in [3.05, 3.63) is 0 Å². The van der Waals surface area contributed by atoms with Crippen LogP contribution in [0.2, 0.25) is 0 Å². The Balaban J connectivity index is 3.30. The summed E-state index contributed by atoms with van der Waals surface area (Å²) in [5.74, 6) is 0.823. The average Bonchev–Trinajstić information content (AvgIpc) is 2.00. The molecule has 0 radical (unpaired) electrons. The molecule has 0 aliphatic rings. The van der Waals surface area contributed by atoms with Gasteiger partial charge in [-0.3, -0.25) is 4.79 Å². The molecular weight excluding hydrogens is 164 g/mol. The lowest BCUT2D eigenvalue weighted by molar-refractivity contribution is -0.121. The van der Waals surface area contributed by atoms with Crippen molar-refractivity contribution in [3.63, 3.8) is 0 Å². The van der Waals surface area contributed by atoms with Gasteiger partial charge in [0.05, 0.1) is 0 Å². The van der Waals surface area contributed by atoms with Crippen molar-refractivity contribution in [2.45, 2.75) is 26.7 Å².